The van der Waals surface area contributed by atoms with Crippen LogP contribution in [-0.4, -0.2) is 5.78 Å². The molecule has 0 amide bonds. The zero-order chi connectivity index (χ0) is 16.4. The molecule has 0 saturated carbocycles. The predicted molar refractivity (Wildman–Crippen MR) is 93.6 cm³/mol. The third-order valence-corrected chi connectivity index (χ3v) is 4.15. The third kappa shape index (κ3) is 3.48. The molecule has 2 aromatic carbocycles. The fourth-order valence-corrected chi connectivity index (χ4v) is 2.69. The largest absolute Gasteiger partial charge is 0.287 e. The lowest BCUT2D eigenvalue weighted by Crippen LogP contribution is -2.37. The number of aromatic nitrogens is 1. The van der Waals surface area contributed by atoms with Crippen LogP contribution in [-0.2, 0) is 12.0 Å². The molecule has 0 unspecified atom stereocenters. The summed E-state index contributed by atoms with van der Waals surface area (Å²) >= 11 is 0. The zero-order valence-electron chi connectivity index (χ0n) is 13.9. The van der Waals surface area contributed by atoms with Crippen molar-refractivity contribution >= 4 is 16.6 Å². The highest BCUT2D eigenvalue weighted by atomic mass is 16.1. The minimum absolute atomic E-state index is 0.106. The van der Waals surface area contributed by atoms with Gasteiger partial charge in [0.25, 0.3) is 0 Å². The van der Waals surface area contributed by atoms with Crippen LogP contribution in [0.25, 0.3) is 10.8 Å². The highest BCUT2D eigenvalue weighted by Gasteiger charge is 2.16. The molecule has 0 aliphatic carbocycles. The van der Waals surface area contributed by atoms with Crippen molar-refractivity contribution in [2.45, 2.75) is 32.7 Å². The smallest absolute Gasteiger partial charge is 0.227 e. The lowest BCUT2D eigenvalue weighted by Gasteiger charge is -2.18. The second-order valence-electron chi connectivity index (χ2n) is 7.00. The van der Waals surface area contributed by atoms with Crippen molar-refractivity contribution in [3.05, 3.63) is 78.1 Å². The van der Waals surface area contributed by atoms with Crippen LogP contribution in [0.1, 0.15) is 36.7 Å². The molecule has 0 atom stereocenters. The van der Waals surface area contributed by atoms with E-state index < -0.39 is 0 Å². The first-order valence-corrected chi connectivity index (χ1v) is 7.95. The third-order valence-electron chi connectivity index (χ3n) is 4.15. The molecular weight excluding hydrogens is 282 g/mol. The number of rotatable bonds is 3. The Kier molecular flexibility index (Phi) is 3.99. The fraction of sp³-hybridized carbons (Fsp3) is 0.238. The quantitative estimate of drug-likeness (QED) is 0.522. The van der Waals surface area contributed by atoms with Crippen LogP contribution < -0.4 is 4.57 Å². The first kappa shape index (κ1) is 15.4. The van der Waals surface area contributed by atoms with Gasteiger partial charge < -0.3 is 0 Å². The maximum atomic E-state index is 12.5. The minimum atomic E-state index is 0.106. The van der Waals surface area contributed by atoms with Crippen LogP contribution in [0.3, 0.4) is 0 Å². The molecule has 1 heterocycles. The first-order chi connectivity index (χ1) is 10.9. The van der Waals surface area contributed by atoms with E-state index in [-0.39, 0.29) is 11.2 Å². The predicted octanol–water partition coefficient (Wildman–Crippen LogP) is 4.31. The highest BCUT2D eigenvalue weighted by Crippen LogP contribution is 2.22. The van der Waals surface area contributed by atoms with Crippen LogP contribution >= 0.6 is 0 Å². The van der Waals surface area contributed by atoms with Gasteiger partial charge in [-0.25, -0.2) is 0 Å². The Hall–Kier alpha value is -2.48. The number of nitrogens with zero attached hydrogens (tertiary/aromatic N) is 1. The second-order valence-corrected chi connectivity index (χ2v) is 7.00. The molecule has 3 aromatic rings. The van der Waals surface area contributed by atoms with Crippen molar-refractivity contribution in [1.29, 1.82) is 0 Å². The van der Waals surface area contributed by atoms with E-state index in [9.17, 15) is 4.79 Å². The molecule has 0 aliphatic heterocycles. The Balaban J connectivity index is 1.80. The lowest BCUT2D eigenvalue weighted by molar-refractivity contribution is -0.681. The second kappa shape index (κ2) is 5.96. The van der Waals surface area contributed by atoms with Gasteiger partial charge in [-0.05, 0) is 22.4 Å². The first-order valence-electron chi connectivity index (χ1n) is 7.95. The normalized spacial score (nSPS) is 11.6. The summed E-state index contributed by atoms with van der Waals surface area (Å²) in [5, 5.41) is 2.33. The number of carbonyl (C=O) groups excluding carboxylic acids is 1. The van der Waals surface area contributed by atoms with Crippen molar-refractivity contribution in [1.82, 2.24) is 0 Å². The van der Waals surface area contributed by atoms with Gasteiger partial charge in [0.05, 0.1) is 0 Å². The number of Topliss-reactive ketones (excluding diaryl/α,β-unsaturated/α-hetero) is 1. The molecular formula is C21H22NO+. The topological polar surface area (TPSA) is 20.9 Å². The van der Waals surface area contributed by atoms with Crippen LogP contribution in [0.15, 0.2) is 67.0 Å². The van der Waals surface area contributed by atoms with Crippen molar-refractivity contribution in [2.75, 3.05) is 0 Å². The van der Waals surface area contributed by atoms with E-state index in [1.807, 2.05) is 47.3 Å². The van der Waals surface area contributed by atoms with Gasteiger partial charge in [0, 0.05) is 17.0 Å². The number of hydrogen-bond acceptors (Lipinski definition) is 1. The van der Waals surface area contributed by atoms with Crippen LogP contribution in [0.4, 0.5) is 0 Å². The van der Waals surface area contributed by atoms with E-state index >= 15 is 0 Å². The molecule has 3 rings (SSSR count). The van der Waals surface area contributed by atoms with Crippen molar-refractivity contribution < 1.29 is 9.36 Å². The standard InChI is InChI=1S/C21H22NO/c1-21(2,3)19-10-8-17(9-11-19)20(23)15-22-13-12-16-6-4-5-7-18(16)14-22/h4-14H,15H2,1-3H3/q+1. The average molecular weight is 304 g/mol. The maximum Gasteiger partial charge on any atom is 0.227 e. The Bertz CT molecular complexity index is 842. The van der Waals surface area contributed by atoms with Gasteiger partial charge in [0.1, 0.15) is 0 Å². The maximum absolute atomic E-state index is 12.5. The van der Waals surface area contributed by atoms with E-state index in [4.69, 9.17) is 0 Å². The zero-order valence-corrected chi connectivity index (χ0v) is 13.9. The summed E-state index contributed by atoms with van der Waals surface area (Å²) in [6, 6.07) is 18.2. The Morgan fingerprint density at radius 2 is 1.57 bits per heavy atom. The van der Waals surface area contributed by atoms with E-state index in [0.717, 1.165) is 10.9 Å². The van der Waals surface area contributed by atoms with Crippen LogP contribution in [0.2, 0.25) is 0 Å². The Morgan fingerprint density at radius 3 is 2.22 bits per heavy atom. The minimum Gasteiger partial charge on any atom is -0.287 e. The number of hydrogen-bond donors (Lipinski definition) is 0. The van der Waals surface area contributed by atoms with E-state index in [0.29, 0.717) is 6.54 Å². The summed E-state index contributed by atoms with van der Waals surface area (Å²) in [7, 11) is 0. The monoisotopic (exact) mass is 304 g/mol. The number of fused-ring (bicyclic) bond motifs is 1. The van der Waals surface area contributed by atoms with Gasteiger partial charge in [-0.3, -0.25) is 4.79 Å². The lowest BCUT2D eigenvalue weighted by atomic mass is 9.86. The number of carbonyl (C=O) groups is 1. The summed E-state index contributed by atoms with van der Waals surface area (Å²) in [6.45, 7) is 6.89. The van der Waals surface area contributed by atoms with Gasteiger partial charge in [0.2, 0.25) is 12.3 Å². The average Bonchev–Trinajstić information content (AvgIpc) is 2.54. The molecule has 0 N–H and O–H groups in total. The molecule has 1 aromatic heterocycles. The van der Waals surface area contributed by atoms with E-state index in [2.05, 4.69) is 45.0 Å². The van der Waals surface area contributed by atoms with Crippen LogP contribution in [0, 0.1) is 0 Å². The van der Waals surface area contributed by atoms with Crippen molar-refractivity contribution in [3.63, 3.8) is 0 Å². The molecule has 2 heteroatoms. The number of ketones is 1. The Morgan fingerprint density at radius 1 is 0.913 bits per heavy atom. The molecule has 23 heavy (non-hydrogen) atoms. The van der Waals surface area contributed by atoms with Gasteiger partial charge in [-0.2, -0.15) is 4.57 Å². The van der Waals surface area contributed by atoms with Gasteiger partial charge >= 0.3 is 0 Å². The summed E-state index contributed by atoms with van der Waals surface area (Å²) in [4.78, 5) is 12.5. The van der Waals surface area contributed by atoms with E-state index in [1.54, 1.807) is 0 Å². The summed E-state index contributed by atoms with van der Waals surface area (Å²) in [5.74, 6) is 0.130. The van der Waals surface area contributed by atoms with Gasteiger partial charge in [0.15, 0.2) is 12.4 Å². The van der Waals surface area contributed by atoms with Gasteiger partial charge in [-0.1, -0.05) is 63.2 Å². The number of benzene rings is 2. The SMILES string of the molecule is CC(C)(C)c1ccc(C(=O)C[n+]2ccc3ccccc3c2)cc1. The van der Waals surface area contributed by atoms with Crippen molar-refractivity contribution in [2.24, 2.45) is 0 Å². The summed E-state index contributed by atoms with van der Waals surface area (Å²) in [6.07, 6.45) is 3.99. The molecule has 116 valence electrons. The van der Waals surface area contributed by atoms with Gasteiger partial charge in [-0.15, -0.1) is 0 Å². The number of pyridine rings is 1. The summed E-state index contributed by atoms with van der Waals surface area (Å²) < 4.78 is 1.95. The molecule has 0 spiro atoms. The van der Waals surface area contributed by atoms with Crippen LogP contribution in [0.5, 0.6) is 0 Å². The van der Waals surface area contributed by atoms with E-state index in [1.165, 1.54) is 10.9 Å². The molecule has 0 bridgehead atoms. The highest BCUT2D eigenvalue weighted by molar-refractivity contribution is 5.95. The molecule has 0 aliphatic rings. The Labute approximate surface area is 137 Å². The fourth-order valence-electron chi connectivity index (χ4n) is 2.69. The molecule has 2 nitrogen and oxygen atoms in total. The van der Waals surface area contributed by atoms with Crippen molar-refractivity contribution in [3.8, 4) is 0 Å². The molecule has 0 radical (unpaired) electrons. The molecule has 0 saturated heterocycles. The molecule has 0 fully saturated rings. The summed E-state index contributed by atoms with van der Waals surface area (Å²) in [5.41, 5.74) is 2.11.